The van der Waals surface area contributed by atoms with Crippen molar-refractivity contribution in [1.29, 1.82) is 0 Å². The van der Waals surface area contributed by atoms with Gasteiger partial charge in [0.15, 0.2) is 0 Å². The van der Waals surface area contributed by atoms with E-state index in [-0.39, 0.29) is 6.04 Å². The Morgan fingerprint density at radius 3 is 2.00 bits per heavy atom. The first-order valence-electron chi connectivity index (χ1n) is 7.18. The Labute approximate surface area is 116 Å². The zero-order valence-electron chi connectivity index (χ0n) is 11.7. The van der Waals surface area contributed by atoms with Gasteiger partial charge in [0, 0.05) is 6.04 Å². The van der Waals surface area contributed by atoms with Crippen molar-refractivity contribution in [2.45, 2.75) is 38.6 Å². The monoisotopic (exact) mass is 253 g/mol. The molecule has 0 heterocycles. The smallest absolute Gasteiger partial charge is 0.0298 e. The standard InChI is InChI=1S/C18H23N/c1-2-6-15-9-11-16(12-10-15)13-14-18(19)17-7-4-3-5-8-17/h3-5,7-12,18H,2,6,13-14,19H2,1H3. The number of aryl methyl sites for hydroxylation is 2. The summed E-state index contributed by atoms with van der Waals surface area (Å²) in [7, 11) is 0. The molecule has 100 valence electrons. The predicted octanol–water partition coefficient (Wildman–Crippen LogP) is 4.27. The molecule has 0 aliphatic carbocycles. The lowest BCUT2D eigenvalue weighted by Gasteiger charge is -2.12. The normalized spacial score (nSPS) is 12.3. The van der Waals surface area contributed by atoms with E-state index in [1.54, 1.807) is 0 Å². The Hall–Kier alpha value is -1.60. The molecule has 1 nitrogen and oxygen atoms in total. The van der Waals surface area contributed by atoms with Gasteiger partial charge in [0.2, 0.25) is 0 Å². The predicted molar refractivity (Wildman–Crippen MR) is 82.1 cm³/mol. The fourth-order valence-corrected chi connectivity index (χ4v) is 2.35. The van der Waals surface area contributed by atoms with Gasteiger partial charge in [-0.15, -0.1) is 0 Å². The van der Waals surface area contributed by atoms with Crippen LogP contribution in [0.2, 0.25) is 0 Å². The number of rotatable bonds is 6. The fraction of sp³-hybridized carbons (Fsp3) is 0.333. The van der Waals surface area contributed by atoms with E-state index in [4.69, 9.17) is 5.73 Å². The molecule has 0 saturated carbocycles. The summed E-state index contributed by atoms with van der Waals surface area (Å²) in [4.78, 5) is 0. The summed E-state index contributed by atoms with van der Waals surface area (Å²) in [6.45, 7) is 2.22. The number of benzene rings is 2. The number of hydrogen-bond donors (Lipinski definition) is 1. The molecule has 19 heavy (non-hydrogen) atoms. The topological polar surface area (TPSA) is 26.0 Å². The number of nitrogens with two attached hydrogens (primary N) is 1. The van der Waals surface area contributed by atoms with E-state index in [0.29, 0.717) is 0 Å². The zero-order chi connectivity index (χ0) is 13.5. The van der Waals surface area contributed by atoms with Gasteiger partial charge in [-0.2, -0.15) is 0 Å². The van der Waals surface area contributed by atoms with Crippen molar-refractivity contribution < 1.29 is 0 Å². The molecule has 1 atom stereocenters. The van der Waals surface area contributed by atoms with Crippen molar-refractivity contribution in [3.63, 3.8) is 0 Å². The van der Waals surface area contributed by atoms with Crippen LogP contribution in [-0.2, 0) is 12.8 Å². The van der Waals surface area contributed by atoms with Crippen LogP contribution in [0.15, 0.2) is 54.6 Å². The van der Waals surface area contributed by atoms with Crippen LogP contribution in [0.25, 0.3) is 0 Å². The summed E-state index contributed by atoms with van der Waals surface area (Å²) < 4.78 is 0. The van der Waals surface area contributed by atoms with Crippen molar-refractivity contribution in [2.75, 3.05) is 0 Å². The summed E-state index contributed by atoms with van der Waals surface area (Å²) in [6.07, 6.45) is 4.42. The third kappa shape index (κ3) is 4.22. The highest BCUT2D eigenvalue weighted by Crippen LogP contribution is 2.17. The molecule has 0 saturated heterocycles. The second-order valence-corrected chi connectivity index (χ2v) is 5.12. The van der Waals surface area contributed by atoms with Crippen molar-refractivity contribution in [1.82, 2.24) is 0 Å². The first-order valence-corrected chi connectivity index (χ1v) is 7.18. The van der Waals surface area contributed by atoms with E-state index in [1.807, 2.05) is 6.07 Å². The molecule has 0 aliphatic heterocycles. The molecule has 0 spiro atoms. The van der Waals surface area contributed by atoms with Crippen molar-refractivity contribution in [3.8, 4) is 0 Å². The average Bonchev–Trinajstić information content (AvgIpc) is 2.47. The van der Waals surface area contributed by atoms with E-state index in [9.17, 15) is 0 Å². The minimum absolute atomic E-state index is 0.136. The second-order valence-electron chi connectivity index (χ2n) is 5.12. The van der Waals surface area contributed by atoms with Crippen LogP contribution >= 0.6 is 0 Å². The maximum absolute atomic E-state index is 6.22. The Morgan fingerprint density at radius 2 is 1.42 bits per heavy atom. The van der Waals surface area contributed by atoms with E-state index in [0.717, 1.165) is 12.8 Å². The van der Waals surface area contributed by atoms with Crippen LogP contribution in [0.4, 0.5) is 0 Å². The van der Waals surface area contributed by atoms with Gasteiger partial charge in [-0.1, -0.05) is 67.9 Å². The second kappa shape index (κ2) is 7.10. The third-order valence-corrected chi connectivity index (χ3v) is 3.53. The zero-order valence-corrected chi connectivity index (χ0v) is 11.7. The van der Waals surface area contributed by atoms with Gasteiger partial charge < -0.3 is 5.73 Å². The summed E-state index contributed by atoms with van der Waals surface area (Å²) in [5, 5.41) is 0. The highest BCUT2D eigenvalue weighted by Gasteiger charge is 2.05. The van der Waals surface area contributed by atoms with Crippen molar-refractivity contribution in [3.05, 3.63) is 71.3 Å². The molecule has 1 heteroatoms. The molecule has 0 aliphatic rings. The lowest BCUT2D eigenvalue weighted by molar-refractivity contribution is 0.651. The first-order chi connectivity index (χ1) is 9.29. The van der Waals surface area contributed by atoms with Crippen molar-refractivity contribution >= 4 is 0 Å². The fourth-order valence-electron chi connectivity index (χ4n) is 2.35. The van der Waals surface area contributed by atoms with Gasteiger partial charge in [-0.3, -0.25) is 0 Å². The van der Waals surface area contributed by atoms with E-state index in [2.05, 4.69) is 55.5 Å². The lowest BCUT2D eigenvalue weighted by atomic mass is 9.99. The molecule has 0 radical (unpaired) electrons. The maximum atomic E-state index is 6.22. The molecular formula is C18H23N. The van der Waals surface area contributed by atoms with Crippen LogP contribution in [0.5, 0.6) is 0 Å². The first kappa shape index (κ1) is 13.8. The molecule has 2 rings (SSSR count). The van der Waals surface area contributed by atoms with Gasteiger partial charge in [-0.25, -0.2) is 0 Å². The van der Waals surface area contributed by atoms with Gasteiger partial charge in [0.05, 0.1) is 0 Å². The van der Waals surface area contributed by atoms with E-state index < -0.39 is 0 Å². The Balaban J connectivity index is 1.88. The quantitative estimate of drug-likeness (QED) is 0.817. The molecule has 0 fully saturated rings. The molecule has 2 aromatic rings. The maximum Gasteiger partial charge on any atom is 0.0298 e. The Kier molecular flexibility index (Phi) is 5.17. The Bertz CT molecular complexity index is 473. The molecule has 2 N–H and O–H groups in total. The van der Waals surface area contributed by atoms with Gasteiger partial charge in [0.1, 0.15) is 0 Å². The van der Waals surface area contributed by atoms with Crippen LogP contribution in [0, 0.1) is 0 Å². The van der Waals surface area contributed by atoms with Crippen LogP contribution in [0.1, 0.15) is 42.5 Å². The molecule has 0 aromatic heterocycles. The van der Waals surface area contributed by atoms with Crippen LogP contribution in [0.3, 0.4) is 0 Å². The highest BCUT2D eigenvalue weighted by atomic mass is 14.6. The van der Waals surface area contributed by atoms with Gasteiger partial charge >= 0.3 is 0 Å². The highest BCUT2D eigenvalue weighted by molar-refractivity contribution is 5.24. The lowest BCUT2D eigenvalue weighted by Crippen LogP contribution is -2.11. The minimum atomic E-state index is 0.136. The van der Waals surface area contributed by atoms with Crippen LogP contribution < -0.4 is 5.73 Å². The SMILES string of the molecule is CCCc1ccc(CCC(N)c2ccccc2)cc1. The average molecular weight is 253 g/mol. The summed E-state index contributed by atoms with van der Waals surface area (Å²) >= 11 is 0. The summed E-state index contributed by atoms with van der Waals surface area (Å²) in [6, 6.07) is 19.4. The van der Waals surface area contributed by atoms with Crippen molar-refractivity contribution in [2.24, 2.45) is 5.73 Å². The molecule has 0 amide bonds. The van der Waals surface area contributed by atoms with Crippen LogP contribution in [-0.4, -0.2) is 0 Å². The summed E-state index contributed by atoms with van der Waals surface area (Å²) in [5.41, 5.74) is 10.3. The molecule has 2 aromatic carbocycles. The molecular weight excluding hydrogens is 230 g/mol. The minimum Gasteiger partial charge on any atom is -0.324 e. The van der Waals surface area contributed by atoms with Gasteiger partial charge in [-0.05, 0) is 36.0 Å². The largest absolute Gasteiger partial charge is 0.324 e. The van der Waals surface area contributed by atoms with Gasteiger partial charge in [0.25, 0.3) is 0 Å². The summed E-state index contributed by atoms with van der Waals surface area (Å²) in [5.74, 6) is 0. The van der Waals surface area contributed by atoms with E-state index >= 15 is 0 Å². The molecule has 1 unspecified atom stereocenters. The number of hydrogen-bond acceptors (Lipinski definition) is 1. The van der Waals surface area contributed by atoms with E-state index in [1.165, 1.54) is 29.5 Å². The third-order valence-electron chi connectivity index (χ3n) is 3.53. The Morgan fingerprint density at radius 1 is 0.842 bits per heavy atom. The molecule has 0 bridgehead atoms.